The number of hydrogen-bond donors (Lipinski definition) is 5. The van der Waals surface area contributed by atoms with Crippen molar-refractivity contribution in [3.05, 3.63) is 35.9 Å². The first-order valence-corrected chi connectivity index (χ1v) is 7.95. The number of carbonyl (C=O) groups is 3. The summed E-state index contributed by atoms with van der Waals surface area (Å²) >= 11 is 0. The molecule has 0 aliphatic heterocycles. The van der Waals surface area contributed by atoms with Gasteiger partial charge < -0.3 is 26.4 Å². The number of rotatable bonds is 8. The highest BCUT2D eigenvalue weighted by Crippen LogP contribution is 2.23. The second-order valence-corrected chi connectivity index (χ2v) is 5.40. The summed E-state index contributed by atoms with van der Waals surface area (Å²) in [6, 6.07) is 4.39. The molecule has 0 saturated heterocycles. The van der Waals surface area contributed by atoms with E-state index in [0.29, 0.717) is 23.5 Å². The Hall–Kier alpha value is -3.03. The van der Waals surface area contributed by atoms with Crippen LogP contribution in [-0.4, -0.2) is 36.2 Å². The maximum atomic E-state index is 11.9. The molecule has 1 aromatic rings. The van der Waals surface area contributed by atoms with Crippen molar-refractivity contribution in [3.63, 3.8) is 0 Å². The first kappa shape index (κ1) is 20.0. The number of nitrogens with one attached hydrogen (secondary N) is 4. The fraction of sp³-hybridized carbons (Fsp3) is 0.353. The number of carbonyl (C=O) groups excluding carboxylic acids is 2. The van der Waals surface area contributed by atoms with Crippen molar-refractivity contribution in [1.82, 2.24) is 10.6 Å². The summed E-state index contributed by atoms with van der Waals surface area (Å²) in [5.41, 5.74) is 1.87. The molecule has 0 bridgehead atoms. The monoisotopic (exact) mass is 348 g/mol. The van der Waals surface area contributed by atoms with Crippen molar-refractivity contribution in [2.24, 2.45) is 0 Å². The predicted molar refractivity (Wildman–Crippen MR) is 96.9 cm³/mol. The third-order valence-corrected chi connectivity index (χ3v) is 3.38. The van der Waals surface area contributed by atoms with Crippen LogP contribution in [0.25, 0.3) is 0 Å². The number of aliphatic carboxylic acids is 1. The molecule has 25 heavy (non-hydrogen) atoms. The normalized spacial score (nSPS) is 9.84. The lowest BCUT2D eigenvalue weighted by Gasteiger charge is -2.14. The molecule has 0 heterocycles. The molecular weight excluding hydrogens is 324 g/mol. The van der Waals surface area contributed by atoms with E-state index >= 15 is 0 Å². The van der Waals surface area contributed by atoms with E-state index in [9.17, 15) is 14.4 Å². The van der Waals surface area contributed by atoms with Gasteiger partial charge in [-0.25, -0.2) is 14.4 Å². The van der Waals surface area contributed by atoms with Crippen molar-refractivity contribution < 1.29 is 19.5 Å². The van der Waals surface area contributed by atoms with Gasteiger partial charge in [0, 0.05) is 30.0 Å². The fourth-order valence-corrected chi connectivity index (χ4v) is 1.91. The molecule has 0 radical (unpaired) electrons. The molecule has 136 valence electrons. The lowest BCUT2D eigenvalue weighted by atomic mass is 10.1. The molecule has 0 aromatic heterocycles. The van der Waals surface area contributed by atoms with Crippen LogP contribution in [0.15, 0.2) is 30.4 Å². The average molecular weight is 348 g/mol. The molecular formula is C17H24N4O4. The SMILES string of the molecule is C=C(CCNC(=O)Nc1cccc(NC(=O)NCCC)c1C)C(=O)O. The molecule has 0 saturated carbocycles. The third kappa shape index (κ3) is 6.94. The Labute approximate surface area is 146 Å². The predicted octanol–water partition coefficient (Wildman–Crippen LogP) is 2.68. The Morgan fingerprint density at radius 3 is 2.04 bits per heavy atom. The second-order valence-electron chi connectivity index (χ2n) is 5.40. The number of carboxylic acids is 1. The van der Waals surface area contributed by atoms with Gasteiger partial charge in [0.1, 0.15) is 0 Å². The van der Waals surface area contributed by atoms with E-state index in [0.717, 1.165) is 6.42 Å². The standard InChI is InChI=1S/C17H24N4O4/c1-4-9-18-16(24)20-13-6-5-7-14(12(13)3)21-17(25)19-10-8-11(2)15(22)23/h5-7H,2,4,8-10H2,1,3H3,(H,22,23)(H2,18,20,24)(H2,19,21,25). The molecule has 0 aliphatic carbocycles. The molecule has 4 amide bonds. The number of hydrogen-bond acceptors (Lipinski definition) is 3. The van der Waals surface area contributed by atoms with Crippen LogP contribution in [0.3, 0.4) is 0 Å². The molecule has 5 N–H and O–H groups in total. The quantitative estimate of drug-likeness (QED) is 0.464. The van der Waals surface area contributed by atoms with Gasteiger partial charge in [-0.05, 0) is 37.5 Å². The van der Waals surface area contributed by atoms with Crippen molar-refractivity contribution in [1.29, 1.82) is 0 Å². The van der Waals surface area contributed by atoms with Crippen LogP contribution in [-0.2, 0) is 4.79 Å². The van der Waals surface area contributed by atoms with Gasteiger partial charge in [0.2, 0.25) is 0 Å². The molecule has 0 atom stereocenters. The van der Waals surface area contributed by atoms with Gasteiger partial charge in [0.15, 0.2) is 0 Å². The number of amides is 4. The third-order valence-electron chi connectivity index (χ3n) is 3.38. The number of anilines is 2. The van der Waals surface area contributed by atoms with Crippen LogP contribution in [0, 0.1) is 6.92 Å². The maximum absolute atomic E-state index is 11.9. The lowest BCUT2D eigenvalue weighted by molar-refractivity contribution is -0.132. The molecule has 0 spiro atoms. The Kier molecular flexibility index (Phi) is 7.98. The zero-order chi connectivity index (χ0) is 18.8. The number of benzene rings is 1. The summed E-state index contributed by atoms with van der Waals surface area (Å²) in [5.74, 6) is -1.09. The highest BCUT2D eigenvalue weighted by Gasteiger charge is 2.10. The highest BCUT2D eigenvalue weighted by molar-refractivity contribution is 5.94. The molecule has 0 aliphatic rings. The molecule has 0 unspecified atom stereocenters. The fourth-order valence-electron chi connectivity index (χ4n) is 1.91. The number of carboxylic acid groups (broad SMARTS) is 1. The zero-order valence-electron chi connectivity index (χ0n) is 14.4. The van der Waals surface area contributed by atoms with Crippen molar-refractivity contribution in [2.75, 3.05) is 23.7 Å². The van der Waals surface area contributed by atoms with Gasteiger partial charge in [-0.1, -0.05) is 19.6 Å². The zero-order valence-corrected chi connectivity index (χ0v) is 14.4. The Morgan fingerprint density at radius 1 is 1.04 bits per heavy atom. The van der Waals surface area contributed by atoms with E-state index in [2.05, 4.69) is 27.8 Å². The molecule has 8 nitrogen and oxygen atoms in total. The van der Waals surface area contributed by atoms with E-state index in [1.165, 1.54) is 0 Å². The van der Waals surface area contributed by atoms with Crippen LogP contribution < -0.4 is 21.3 Å². The van der Waals surface area contributed by atoms with Gasteiger partial charge in [-0.3, -0.25) is 0 Å². The maximum Gasteiger partial charge on any atom is 0.331 e. The van der Waals surface area contributed by atoms with Gasteiger partial charge in [-0.15, -0.1) is 0 Å². The summed E-state index contributed by atoms with van der Waals surface area (Å²) in [5, 5.41) is 19.4. The Bertz CT molecular complexity index is 658. The summed E-state index contributed by atoms with van der Waals surface area (Å²) in [7, 11) is 0. The van der Waals surface area contributed by atoms with Crippen molar-refractivity contribution in [2.45, 2.75) is 26.7 Å². The lowest BCUT2D eigenvalue weighted by Crippen LogP contribution is -2.31. The first-order chi connectivity index (χ1) is 11.8. The summed E-state index contributed by atoms with van der Waals surface area (Å²) in [6.45, 7) is 7.86. The smallest absolute Gasteiger partial charge is 0.331 e. The van der Waals surface area contributed by atoms with Crippen molar-refractivity contribution in [3.8, 4) is 0 Å². The van der Waals surface area contributed by atoms with Gasteiger partial charge >= 0.3 is 18.0 Å². The van der Waals surface area contributed by atoms with Crippen LogP contribution >= 0.6 is 0 Å². The molecule has 0 fully saturated rings. The van der Waals surface area contributed by atoms with Gasteiger partial charge in [0.05, 0.1) is 0 Å². The average Bonchev–Trinajstić information content (AvgIpc) is 2.56. The number of urea groups is 2. The largest absolute Gasteiger partial charge is 0.478 e. The molecule has 1 rings (SSSR count). The molecule has 8 heteroatoms. The minimum absolute atomic E-state index is 0.0285. The summed E-state index contributed by atoms with van der Waals surface area (Å²) < 4.78 is 0. The minimum atomic E-state index is -1.09. The van der Waals surface area contributed by atoms with E-state index in [1.54, 1.807) is 25.1 Å². The summed E-state index contributed by atoms with van der Waals surface area (Å²) in [4.78, 5) is 34.3. The van der Waals surface area contributed by atoms with Crippen LogP contribution in [0.2, 0.25) is 0 Å². The Balaban J connectivity index is 2.59. The van der Waals surface area contributed by atoms with Crippen LogP contribution in [0.4, 0.5) is 21.0 Å². The minimum Gasteiger partial charge on any atom is -0.478 e. The summed E-state index contributed by atoms with van der Waals surface area (Å²) in [6.07, 6.45) is 0.989. The van der Waals surface area contributed by atoms with E-state index < -0.39 is 12.0 Å². The highest BCUT2D eigenvalue weighted by atomic mass is 16.4. The van der Waals surface area contributed by atoms with E-state index in [1.807, 2.05) is 6.92 Å². The van der Waals surface area contributed by atoms with Crippen LogP contribution in [0.1, 0.15) is 25.3 Å². The van der Waals surface area contributed by atoms with Crippen molar-refractivity contribution >= 4 is 29.4 Å². The van der Waals surface area contributed by atoms with Gasteiger partial charge in [0.25, 0.3) is 0 Å². The van der Waals surface area contributed by atoms with E-state index in [4.69, 9.17) is 5.11 Å². The first-order valence-electron chi connectivity index (χ1n) is 7.95. The topological polar surface area (TPSA) is 120 Å². The van der Waals surface area contributed by atoms with Crippen LogP contribution in [0.5, 0.6) is 0 Å². The second kappa shape index (κ2) is 9.96. The Morgan fingerprint density at radius 2 is 1.56 bits per heavy atom. The molecule has 1 aromatic carbocycles. The van der Waals surface area contributed by atoms with Gasteiger partial charge in [-0.2, -0.15) is 0 Å². The van der Waals surface area contributed by atoms with E-state index in [-0.39, 0.29) is 24.6 Å².